The Kier molecular flexibility index (Phi) is 3.89. The van der Waals surface area contributed by atoms with E-state index in [1.165, 1.54) is 0 Å². The van der Waals surface area contributed by atoms with Crippen LogP contribution in [0.4, 0.5) is 5.69 Å². The van der Waals surface area contributed by atoms with Crippen LogP contribution in [0.1, 0.15) is 44.5 Å². The maximum atomic E-state index is 12.9. The third kappa shape index (κ3) is 2.58. The lowest BCUT2D eigenvalue weighted by atomic mass is 9.77. The molecule has 5 nitrogen and oxygen atoms in total. The highest BCUT2D eigenvalue weighted by atomic mass is 16.6. The van der Waals surface area contributed by atoms with Crippen LogP contribution in [0.3, 0.4) is 0 Å². The predicted molar refractivity (Wildman–Crippen MR) is 90.8 cm³/mol. The number of ether oxygens (including phenoxy) is 1. The Balaban J connectivity index is 1.95. The van der Waals surface area contributed by atoms with Crippen molar-refractivity contribution in [1.29, 1.82) is 0 Å². The number of hydrogen-bond donors (Lipinski definition) is 2. The van der Waals surface area contributed by atoms with E-state index in [0.717, 1.165) is 5.57 Å². The normalized spacial score (nSPS) is 26.6. The molecule has 0 saturated carbocycles. The molecule has 0 bridgehead atoms. The van der Waals surface area contributed by atoms with Gasteiger partial charge in [0.25, 0.3) is 5.91 Å². The summed E-state index contributed by atoms with van der Waals surface area (Å²) in [5.74, 6) is -1.12. The first-order valence-corrected chi connectivity index (χ1v) is 8.16. The largest absolute Gasteiger partial charge is 0.390 e. The Bertz CT molecular complexity index is 727. The first-order chi connectivity index (χ1) is 11.2. The minimum absolute atomic E-state index is 0.321. The van der Waals surface area contributed by atoms with Gasteiger partial charge in [-0.1, -0.05) is 23.8 Å². The third-order valence-electron chi connectivity index (χ3n) is 4.80. The van der Waals surface area contributed by atoms with Crippen LogP contribution in [-0.4, -0.2) is 34.1 Å². The molecule has 1 fully saturated rings. The second kappa shape index (κ2) is 5.53. The van der Waals surface area contributed by atoms with Crippen molar-refractivity contribution in [1.82, 2.24) is 0 Å². The molecule has 1 saturated heterocycles. The summed E-state index contributed by atoms with van der Waals surface area (Å²) in [6, 6.07) is 6.92. The first-order valence-electron chi connectivity index (χ1n) is 8.16. The van der Waals surface area contributed by atoms with Gasteiger partial charge in [0.2, 0.25) is 11.4 Å². The lowest BCUT2D eigenvalue weighted by Gasteiger charge is -2.29. The van der Waals surface area contributed by atoms with Gasteiger partial charge in [-0.2, -0.15) is 0 Å². The van der Waals surface area contributed by atoms with Gasteiger partial charge in [0.1, 0.15) is 6.10 Å². The van der Waals surface area contributed by atoms with E-state index >= 15 is 0 Å². The molecular formula is C19H23NO4. The summed E-state index contributed by atoms with van der Waals surface area (Å²) in [5.41, 5.74) is -0.497. The van der Waals surface area contributed by atoms with Crippen molar-refractivity contribution in [3.63, 3.8) is 0 Å². The van der Waals surface area contributed by atoms with Gasteiger partial charge in [0.15, 0.2) is 0 Å². The second-order valence-corrected chi connectivity index (χ2v) is 7.38. The number of para-hydroxylation sites is 1. The number of hydrogen-bond acceptors (Lipinski definition) is 4. The number of rotatable bonds is 4. The average molecular weight is 329 g/mol. The van der Waals surface area contributed by atoms with Crippen LogP contribution in [0.15, 0.2) is 35.9 Å². The Morgan fingerprint density at radius 1 is 1.38 bits per heavy atom. The molecule has 0 aromatic heterocycles. The summed E-state index contributed by atoms with van der Waals surface area (Å²) in [6.45, 7) is 7.31. The van der Waals surface area contributed by atoms with E-state index in [4.69, 9.17) is 4.74 Å². The molecular weight excluding hydrogens is 306 g/mol. The smallest absolute Gasteiger partial charge is 0.267 e. The van der Waals surface area contributed by atoms with Gasteiger partial charge < -0.3 is 15.2 Å². The fourth-order valence-corrected chi connectivity index (χ4v) is 3.35. The van der Waals surface area contributed by atoms with Gasteiger partial charge in [0, 0.05) is 11.5 Å². The minimum atomic E-state index is -1.51. The predicted octanol–water partition coefficient (Wildman–Crippen LogP) is 2.70. The Morgan fingerprint density at radius 3 is 2.67 bits per heavy atom. The van der Waals surface area contributed by atoms with Crippen LogP contribution in [0.2, 0.25) is 0 Å². The van der Waals surface area contributed by atoms with Gasteiger partial charge >= 0.3 is 0 Å². The summed E-state index contributed by atoms with van der Waals surface area (Å²) in [5, 5.41) is 13.3. The summed E-state index contributed by atoms with van der Waals surface area (Å²) in [6.07, 6.45) is 1.91. The van der Waals surface area contributed by atoms with Crippen LogP contribution in [0, 0.1) is 5.92 Å². The van der Waals surface area contributed by atoms with Gasteiger partial charge in [0.05, 0.1) is 11.3 Å². The highest BCUT2D eigenvalue weighted by Crippen LogP contribution is 2.51. The van der Waals surface area contributed by atoms with Crippen molar-refractivity contribution in [2.75, 3.05) is 5.32 Å². The molecule has 2 heterocycles. The SMILES string of the molecule is CC(C)=CC[C@H]([C@@H]1O[C@]12C(=O)Nc1ccccc1C2=O)C(C)(C)O. The van der Waals surface area contributed by atoms with Crippen LogP contribution in [-0.2, 0) is 9.53 Å². The molecule has 2 N–H and O–H groups in total. The molecule has 1 amide bonds. The molecule has 0 radical (unpaired) electrons. The molecule has 0 unspecified atom stereocenters. The monoisotopic (exact) mass is 329 g/mol. The van der Waals surface area contributed by atoms with E-state index in [0.29, 0.717) is 17.7 Å². The van der Waals surface area contributed by atoms with Crippen molar-refractivity contribution >= 4 is 17.4 Å². The number of ketones is 1. The van der Waals surface area contributed by atoms with Crippen LogP contribution in [0.25, 0.3) is 0 Å². The van der Waals surface area contributed by atoms with Crippen molar-refractivity contribution < 1.29 is 19.4 Å². The number of allylic oxidation sites excluding steroid dienone is 2. The van der Waals surface area contributed by atoms with Crippen LogP contribution >= 0.6 is 0 Å². The van der Waals surface area contributed by atoms with E-state index < -0.39 is 23.2 Å². The molecule has 1 aromatic carbocycles. The highest BCUT2D eigenvalue weighted by Gasteiger charge is 2.73. The second-order valence-electron chi connectivity index (χ2n) is 7.38. The topological polar surface area (TPSA) is 78.9 Å². The highest BCUT2D eigenvalue weighted by molar-refractivity contribution is 6.28. The zero-order chi connectivity index (χ0) is 17.7. The molecule has 2 aliphatic heterocycles. The fraction of sp³-hybridized carbons (Fsp3) is 0.474. The molecule has 1 spiro atoms. The maximum absolute atomic E-state index is 12.9. The number of nitrogens with one attached hydrogen (secondary N) is 1. The van der Waals surface area contributed by atoms with E-state index in [1.54, 1.807) is 38.1 Å². The number of benzene rings is 1. The lowest BCUT2D eigenvalue weighted by molar-refractivity contribution is -0.119. The molecule has 2 aliphatic rings. The molecule has 3 rings (SSSR count). The summed E-state index contributed by atoms with van der Waals surface area (Å²) < 4.78 is 5.70. The van der Waals surface area contributed by atoms with E-state index in [1.807, 2.05) is 19.9 Å². The minimum Gasteiger partial charge on any atom is -0.390 e. The Hall–Kier alpha value is -1.98. The Morgan fingerprint density at radius 2 is 2.04 bits per heavy atom. The molecule has 24 heavy (non-hydrogen) atoms. The van der Waals surface area contributed by atoms with E-state index in [-0.39, 0.29) is 11.7 Å². The fourth-order valence-electron chi connectivity index (χ4n) is 3.35. The van der Waals surface area contributed by atoms with Crippen molar-refractivity contribution in [3.8, 4) is 0 Å². The molecule has 3 atom stereocenters. The van der Waals surface area contributed by atoms with Crippen molar-refractivity contribution in [2.24, 2.45) is 5.92 Å². The van der Waals surface area contributed by atoms with Gasteiger partial charge in [-0.15, -0.1) is 0 Å². The van der Waals surface area contributed by atoms with E-state index in [2.05, 4.69) is 5.32 Å². The number of anilines is 1. The molecule has 1 aromatic rings. The summed E-state index contributed by atoms with van der Waals surface area (Å²) in [4.78, 5) is 25.5. The molecule has 0 aliphatic carbocycles. The van der Waals surface area contributed by atoms with E-state index in [9.17, 15) is 14.7 Å². The average Bonchev–Trinajstić information content (AvgIpc) is 3.20. The number of fused-ring (bicyclic) bond motifs is 1. The summed E-state index contributed by atoms with van der Waals surface area (Å²) >= 11 is 0. The van der Waals surface area contributed by atoms with Gasteiger partial charge in [-0.25, -0.2) is 0 Å². The number of carbonyl (C=O) groups excluding carboxylic acids is 2. The zero-order valence-electron chi connectivity index (χ0n) is 14.4. The Labute approximate surface area is 141 Å². The number of amides is 1. The first kappa shape index (κ1) is 16.9. The molecule has 5 heteroatoms. The zero-order valence-corrected chi connectivity index (χ0v) is 14.4. The van der Waals surface area contributed by atoms with Crippen LogP contribution < -0.4 is 5.32 Å². The van der Waals surface area contributed by atoms with Crippen molar-refractivity contribution in [2.45, 2.75) is 51.4 Å². The lowest BCUT2D eigenvalue weighted by Crippen LogP contribution is -2.48. The van der Waals surface area contributed by atoms with Crippen molar-refractivity contribution in [3.05, 3.63) is 41.5 Å². The van der Waals surface area contributed by atoms with Gasteiger partial charge in [-0.05, 0) is 46.2 Å². The summed E-state index contributed by atoms with van der Waals surface area (Å²) in [7, 11) is 0. The third-order valence-corrected chi connectivity index (χ3v) is 4.80. The van der Waals surface area contributed by atoms with Gasteiger partial charge in [-0.3, -0.25) is 9.59 Å². The number of Topliss-reactive ketones (excluding diaryl/α,β-unsaturated/α-hetero) is 1. The number of aliphatic hydroxyl groups is 1. The quantitative estimate of drug-likeness (QED) is 0.506. The number of epoxide rings is 1. The van der Waals surface area contributed by atoms with Crippen LogP contribution in [0.5, 0.6) is 0 Å². The standard InChI is InChI=1S/C19H23NO4/c1-11(2)9-10-13(18(3,4)23)16-19(24-16)15(21)12-7-5-6-8-14(12)20-17(19)22/h5-9,13,16,23H,10H2,1-4H3,(H,20,22)/t13-,16+,19+/m1/s1. The number of carbonyl (C=O) groups is 2. The molecule has 128 valence electrons. The maximum Gasteiger partial charge on any atom is 0.267 e.